The van der Waals surface area contributed by atoms with E-state index in [1.807, 2.05) is 24.3 Å². The SMILES string of the molecule is O=C(Nc1ccc(N2CCNC2=O)cc1)[C@@H]1CCCCN1. The zero-order chi connectivity index (χ0) is 14.7. The molecule has 6 nitrogen and oxygen atoms in total. The molecule has 3 N–H and O–H groups in total. The van der Waals surface area contributed by atoms with Crippen LogP contribution in [0.1, 0.15) is 19.3 Å². The van der Waals surface area contributed by atoms with Gasteiger partial charge in [0.25, 0.3) is 0 Å². The Labute approximate surface area is 123 Å². The van der Waals surface area contributed by atoms with Crippen molar-refractivity contribution in [3.8, 4) is 0 Å². The molecule has 0 aromatic heterocycles. The number of nitrogens with one attached hydrogen (secondary N) is 3. The summed E-state index contributed by atoms with van der Waals surface area (Å²) in [6.45, 7) is 2.25. The number of anilines is 2. The van der Waals surface area contributed by atoms with E-state index < -0.39 is 0 Å². The van der Waals surface area contributed by atoms with Gasteiger partial charge >= 0.3 is 6.03 Å². The zero-order valence-corrected chi connectivity index (χ0v) is 11.9. The van der Waals surface area contributed by atoms with Crippen molar-refractivity contribution in [2.45, 2.75) is 25.3 Å². The number of carbonyl (C=O) groups is 2. The molecule has 0 spiro atoms. The number of nitrogens with zero attached hydrogens (tertiary/aromatic N) is 1. The summed E-state index contributed by atoms with van der Waals surface area (Å²) in [5.74, 6) is 0.0152. The molecule has 0 radical (unpaired) electrons. The molecule has 3 rings (SSSR count). The average molecular weight is 288 g/mol. The minimum atomic E-state index is -0.0946. The van der Waals surface area contributed by atoms with Gasteiger partial charge in [-0.05, 0) is 43.7 Å². The van der Waals surface area contributed by atoms with Crippen LogP contribution in [0.15, 0.2) is 24.3 Å². The Balaban J connectivity index is 1.61. The van der Waals surface area contributed by atoms with E-state index in [0.717, 1.165) is 37.2 Å². The lowest BCUT2D eigenvalue weighted by molar-refractivity contribution is -0.118. The van der Waals surface area contributed by atoms with E-state index >= 15 is 0 Å². The first kappa shape index (κ1) is 13.9. The molecule has 2 aliphatic rings. The largest absolute Gasteiger partial charge is 0.336 e. The number of benzene rings is 1. The molecular formula is C15H20N4O2. The maximum absolute atomic E-state index is 12.1. The molecule has 1 aromatic rings. The third-order valence-corrected chi connectivity index (χ3v) is 3.93. The molecule has 0 aliphatic carbocycles. The first-order valence-corrected chi connectivity index (χ1v) is 7.44. The second-order valence-corrected chi connectivity index (χ2v) is 5.42. The van der Waals surface area contributed by atoms with Gasteiger partial charge in [0.1, 0.15) is 0 Å². The molecule has 2 fully saturated rings. The minimum absolute atomic E-state index is 0.0152. The summed E-state index contributed by atoms with van der Waals surface area (Å²) in [7, 11) is 0. The Morgan fingerprint density at radius 1 is 1.19 bits per heavy atom. The molecule has 0 bridgehead atoms. The molecule has 21 heavy (non-hydrogen) atoms. The van der Waals surface area contributed by atoms with Crippen LogP contribution in [0.3, 0.4) is 0 Å². The Morgan fingerprint density at radius 3 is 2.62 bits per heavy atom. The minimum Gasteiger partial charge on any atom is -0.336 e. The van der Waals surface area contributed by atoms with Crippen LogP contribution in [0.5, 0.6) is 0 Å². The highest BCUT2D eigenvalue weighted by Gasteiger charge is 2.22. The van der Waals surface area contributed by atoms with Crippen molar-refractivity contribution >= 4 is 23.3 Å². The molecule has 2 aliphatic heterocycles. The average Bonchev–Trinajstić information content (AvgIpc) is 2.95. The molecule has 1 atom stereocenters. The first-order valence-electron chi connectivity index (χ1n) is 7.44. The number of amides is 3. The van der Waals surface area contributed by atoms with Crippen molar-refractivity contribution in [1.29, 1.82) is 0 Å². The van der Waals surface area contributed by atoms with Crippen LogP contribution in [0.2, 0.25) is 0 Å². The second kappa shape index (κ2) is 6.13. The van der Waals surface area contributed by atoms with Crippen LogP contribution < -0.4 is 20.9 Å². The van der Waals surface area contributed by atoms with Gasteiger partial charge in [-0.3, -0.25) is 9.69 Å². The van der Waals surface area contributed by atoms with Crippen molar-refractivity contribution in [3.63, 3.8) is 0 Å². The molecule has 3 amide bonds. The molecule has 2 heterocycles. The highest BCUT2D eigenvalue weighted by molar-refractivity contribution is 5.96. The summed E-state index contributed by atoms with van der Waals surface area (Å²) in [5, 5.41) is 8.91. The van der Waals surface area contributed by atoms with Crippen LogP contribution in [0, 0.1) is 0 Å². The second-order valence-electron chi connectivity index (χ2n) is 5.42. The lowest BCUT2D eigenvalue weighted by Gasteiger charge is -2.22. The van der Waals surface area contributed by atoms with Gasteiger partial charge in [0.05, 0.1) is 6.04 Å². The summed E-state index contributed by atoms with van der Waals surface area (Å²) in [5.41, 5.74) is 1.61. The number of hydrogen-bond donors (Lipinski definition) is 3. The van der Waals surface area contributed by atoms with Gasteiger partial charge in [-0.15, -0.1) is 0 Å². The van der Waals surface area contributed by atoms with Gasteiger partial charge in [0.2, 0.25) is 5.91 Å². The molecule has 2 saturated heterocycles. The van der Waals surface area contributed by atoms with Crippen LogP contribution in [-0.2, 0) is 4.79 Å². The van der Waals surface area contributed by atoms with Gasteiger partial charge in [-0.2, -0.15) is 0 Å². The van der Waals surface area contributed by atoms with Gasteiger partial charge in [0, 0.05) is 24.5 Å². The Hall–Kier alpha value is -2.08. The molecular weight excluding hydrogens is 268 g/mol. The Bertz CT molecular complexity index is 523. The van der Waals surface area contributed by atoms with Gasteiger partial charge in [0.15, 0.2) is 0 Å². The number of piperidine rings is 1. The molecule has 112 valence electrons. The molecule has 6 heteroatoms. The van der Waals surface area contributed by atoms with Crippen molar-refractivity contribution < 1.29 is 9.59 Å². The maximum Gasteiger partial charge on any atom is 0.321 e. The summed E-state index contributed by atoms with van der Waals surface area (Å²) in [6.07, 6.45) is 3.11. The van der Waals surface area contributed by atoms with E-state index in [1.54, 1.807) is 4.90 Å². The van der Waals surface area contributed by atoms with E-state index in [2.05, 4.69) is 16.0 Å². The van der Waals surface area contributed by atoms with Crippen molar-refractivity contribution in [3.05, 3.63) is 24.3 Å². The predicted octanol–water partition coefficient (Wildman–Crippen LogP) is 1.30. The number of rotatable bonds is 3. The lowest BCUT2D eigenvalue weighted by Crippen LogP contribution is -2.43. The zero-order valence-electron chi connectivity index (χ0n) is 11.9. The Kier molecular flexibility index (Phi) is 4.06. The highest BCUT2D eigenvalue weighted by atomic mass is 16.2. The highest BCUT2D eigenvalue weighted by Crippen LogP contribution is 2.20. The maximum atomic E-state index is 12.1. The van der Waals surface area contributed by atoms with E-state index in [-0.39, 0.29) is 18.0 Å². The quantitative estimate of drug-likeness (QED) is 0.785. The van der Waals surface area contributed by atoms with Crippen molar-refractivity contribution in [1.82, 2.24) is 10.6 Å². The van der Waals surface area contributed by atoms with E-state index in [9.17, 15) is 9.59 Å². The summed E-state index contributed by atoms with van der Waals surface area (Å²) < 4.78 is 0. The van der Waals surface area contributed by atoms with Gasteiger partial charge in [-0.25, -0.2) is 4.79 Å². The van der Waals surface area contributed by atoms with Crippen LogP contribution in [0.25, 0.3) is 0 Å². The fourth-order valence-electron chi connectivity index (χ4n) is 2.75. The van der Waals surface area contributed by atoms with E-state index in [1.165, 1.54) is 0 Å². The van der Waals surface area contributed by atoms with Gasteiger partial charge < -0.3 is 16.0 Å². The number of carbonyl (C=O) groups excluding carboxylic acids is 2. The lowest BCUT2D eigenvalue weighted by atomic mass is 10.0. The van der Waals surface area contributed by atoms with E-state index in [4.69, 9.17) is 0 Å². The monoisotopic (exact) mass is 288 g/mol. The summed E-state index contributed by atoms with van der Waals surface area (Å²) in [6, 6.07) is 7.22. The third-order valence-electron chi connectivity index (χ3n) is 3.93. The van der Waals surface area contributed by atoms with Crippen LogP contribution in [0.4, 0.5) is 16.2 Å². The van der Waals surface area contributed by atoms with Crippen LogP contribution >= 0.6 is 0 Å². The topological polar surface area (TPSA) is 73.5 Å². The predicted molar refractivity (Wildman–Crippen MR) is 81.5 cm³/mol. The fraction of sp³-hybridized carbons (Fsp3) is 0.467. The van der Waals surface area contributed by atoms with E-state index in [0.29, 0.717) is 13.1 Å². The smallest absolute Gasteiger partial charge is 0.321 e. The number of urea groups is 1. The molecule has 1 aromatic carbocycles. The van der Waals surface area contributed by atoms with Crippen molar-refractivity contribution in [2.24, 2.45) is 0 Å². The Morgan fingerprint density at radius 2 is 2.00 bits per heavy atom. The molecule has 0 unspecified atom stereocenters. The normalized spacial score (nSPS) is 22.0. The third kappa shape index (κ3) is 3.16. The summed E-state index contributed by atoms with van der Waals surface area (Å²) in [4.78, 5) is 25.4. The molecule has 0 saturated carbocycles. The number of hydrogen-bond acceptors (Lipinski definition) is 3. The van der Waals surface area contributed by atoms with Gasteiger partial charge in [-0.1, -0.05) is 6.42 Å². The van der Waals surface area contributed by atoms with Crippen LogP contribution in [-0.4, -0.2) is 37.6 Å². The summed E-state index contributed by atoms with van der Waals surface area (Å²) >= 11 is 0. The standard InChI is InChI=1S/C15H20N4O2/c20-14(13-3-1-2-8-16-13)18-11-4-6-12(7-5-11)19-10-9-17-15(19)21/h4-7,13,16H,1-3,8-10H2,(H,17,21)(H,18,20)/t13-/m0/s1. The first-order chi connectivity index (χ1) is 10.2. The van der Waals surface area contributed by atoms with Crippen molar-refractivity contribution in [2.75, 3.05) is 29.9 Å². The fourth-order valence-corrected chi connectivity index (χ4v) is 2.75.